The van der Waals surface area contributed by atoms with E-state index in [2.05, 4.69) is 22.3 Å². The maximum absolute atomic E-state index is 13.4. The summed E-state index contributed by atoms with van der Waals surface area (Å²) in [5.41, 5.74) is 2.53. The van der Waals surface area contributed by atoms with E-state index in [9.17, 15) is 9.18 Å². The molecule has 0 saturated heterocycles. The van der Waals surface area contributed by atoms with Gasteiger partial charge in [0.25, 0.3) is 0 Å². The molecule has 1 aliphatic carbocycles. The summed E-state index contributed by atoms with van der Waals surface area (Å²) in [4.78, 5) is 17.3. The van der Waals surface area contributed by atoms with Crippen LogP contribution in [0.2, 0.25) is 0 Å². The molecule has 1 N–H and O–H groups in total. The summed E-state index contributed by atoms with van der Waals surface area (Å²) < 4.78 is 15.2. The Morgan fingerprint density at radius 2 is 2.07 bits per heavy atom. The standard InChI is InChI=1S/C20H23FN4OS/c1-2-3-4-12-27-20-23-19-22-15-6-5-7-16(26)17(15)18(25(19)24-20)13-8-10-14(21)11-9-13/h8-11,18H,2-7,12H2,1H3,(H,22,23,24)/t18-/m1/s1. The van der Waals surface area contributed by atoms with Gasteiger partial charge in [-0.1, -0.05) is 43.7 Å². The Kier molecular flexibility index (Phi) is 5.29. The van der Waals surface area contributed by atoms with Crippen LogP contribution in [0.25, 0.3) is 0 Å². The van der Waals surface area contributed by atoms with Crippen LogP contribution in [0, 0.1) is 5.82 Å². The van der Waals surface area contributed by atoms with Crippen LogP contribution >= 0.6 is 11.8 Å². The zero-order valence-electron chi connectivity index (χ0n) is 15.4. The Bertz CT molecular complexity index is 875. The summed E-state index contributed by atoms with van der Waals surface area (Å²) in [5.74, 6) is 1.49. The van der Waals surface area contributed by atoms with Gasteiger partial charge in [-0.25, -0.2) is 9.07 Å². The molecule has 0 unspecified atom stereocenters. The summed E-state index contributed by atoms with van der Waals surface area (Å²) in [7, 11) is 0. The molecule has 2 aromatic rings. The number of carbonyl (C=O) groups excluding carboxylic acids is 1. The fourth-order valence-corrected chi connectivity index (χ4v) is 4.49. The Hall–Kier alpha value is -2.15. The highest BCUT2D eigenvalue weighted by atomic mass is 32.2. The van der Waals surface area contributed by atoms with E-state index >= 15 is 0 Å². The van der Waals surface area contributed by atoms with Crippen LogP contribution in [0.1, 0.15) is 57.1 Å². The highest BCUT2D eigenvalue weighted by molar-refractivity contribution is 7.99. The Balaban J connectivity index is 1.70. The molecule has 1 aromatic heterocycles. The van der Waals surface area contributed by atoms with Gasteiger partial charge in [-0.2, -0.15) is 4.98 Å². The van der Waals surface area contributed by atoms with Crippen LogP contribution < -0.4 is 5.32 Å². The average Bonchev–Trinajstić information content (AvgIpc) is 3.07. The zero-order valence-corrected chi connectivity index (χ0v) is 16.2. The molecule has 2 heterocycles. The first-order valence-electron chi connectivity index (χ1n) is 9.55. The van der Waals surface area contributed by atoms with Gasteiger partial charge in [-0.15, -0.1) is 5.10 Å². The molecule has 0 saturated carbocycles. The molecule has 0 bridgehead atoms. The number of unbranched alkanes of at least 4 members (excludes halogenated alkanes) is 2. The molecular weight excluding hydrogens is 363 g/mol. The molecule has 0 radical (unpaired) electrons. The number of anilines is 1. The lowest BCUT2D eigenvalue weighted by molar-refractivity contribution is -0.116. The van der Waals surface area contributed by atoms with Crippen molar-refractivity contribution >= 4 is 23.5 Å². The lowest BCUT2D eigenvalue weighted by Crippen LogP contribution is -2.31. The molecule has 0 fully saturated rings. The second kappa shape index (κ2) is 7.84. The number of benzene rings is 1. The Morgan fingerprint density at radius 3 is 2.85 bits per heavy atom. The predicted molar refractivity (Wildman–Crippen MR) is 104 cm³/mol. The number of ketones is 1. The number of allylic oxidation sites excluding steroid dienone is 2. The van der Waals surface area contributed by atoms with Gasteiger partial charge in [0.05, 0.1) is 0 Å². The van der Waals surface area contributed by atoms with Crippen LogP contribution in [-0.4, -0.2) is 26.3 Å². The van der Waals surface area contributed by atoms with E-state index in [1.54, 1.807) is 28.6 Å². The van der Waals surface area contributed by atoms with E-state index < -0.39 is 0 Å². The second-order valence-electron chi connectivity index (χ2n) is 6.97. The number of aromatic nitrogens is 3. The number of Topliss-reactive ketones (excluding diaryl/α,β-unsaturated/α-hetero) is 1. The number of carbonyl (C=O) groups is 1. The SMILES string of the molecule is CCCCCSc1nc2n(n1)[C@H](c1ccc(F)cc1)C1=C(CCCC1=O)N2. The van der Waals surface area contributed by atoms with E-state index in [4.69, 9.17) is 0 Å². The van der Waals surface area contributed by atoms with Gasteiger partial charge in [0.2, 0.25) is 11.1 Å². The van der Waals surface area contributed by atoms with Gasteiger partial charge in [0.1, 0.15) is 11.9 Å². The van der Waals surface area contributed by atoms with Gasteiger partial charge in [0, 0.05) is 23.4 Å². The third-order valence-electron chi connectivity index (χ3n) is 5.01. The molecule has 0 spiro atoms. The van der Waals surface area contributed by atoms with Crippen molar-refractivity contribution in [3.8, 4) is 0 Å². The number of hydrogen-bond acceptors (Lipinski definition) is 5. The summed E-state index contributed by atoms with van der Waals surface area (Å²) in [6.45, 7) is 2.18. The fraction of sp³-hybridized carbons (Fsp3) is 0.450. The molecule has 27 heavy (non-hydrogen) atoms. The number of halogens is 1. The van der Waals surface area contributed by atoms with E-state index in [0.717, 1.165) is 41.8 Å². The van der Waals surface area contributed by atoms with Crippen molar-refractivity contribution in [1.29, 1.82) is 0 Å². The molecule has 2 aliphatic rings. The van der Waals surface area contributed by atoms with Crippen LogP contribution in [0.3, 0.4) is 0 Å². The van der Waals surface area contributed by atoms with E-state index in [-0.39, 0.29) is 17.6 Å². The van der Waals surface area contributed by atoms with E-state index in [1.807, 2.05) is 0 Å². The second-order valence-corrected chi connectivity index (χ2v) is 8.03. The maximum Gasteiger partial charge on any atom is 0.227 e. The lowest BCUT2D eigenvalue weighted by atomic mass is 9.85. The number of hydrogen-bond donors (Lipinski definition) is 1. The number of rotatable bonds is 6. The summed E-state index contributed by atoms with van der Waals surface area (Å²) in [6, 6.07) is 5.99. The number of nitrogens with zero attached hydrogens (tertiary/aromatic N) is 3. The van der Waals surface area contributed by atoms with Crippen molar-refractivity contribution in [2.45, 2.75) is 56.6 Å². The topological polar surface area (TPSA) is 59.8 Å². The van der Waals surface area contributed by atoms with Crippen LogP contribution in [0.4, 0.5) is 10.3 Å². The predicted octanol–water partition coefficient (Wildman–Crippen LogP) is 4.72. The van der Waals surface area contributed by atoms with Crippen LogP contribution in [0.15, 0.2) is 40.7 Å². The van der Waals surface area contributed by atoms with Gasteiger partial charge in [-0.05, 0) is 37.0 Å². The molecule has 1 atom stereocenters. The summed E-state index contributed by atoms with van der Waals surface area (Å²) in [6.07, 6.45) is 5.72. The largest absolute Gasteiger partial charge is 0.328 e. The molecule has 4 rings (SSSR count). The minimum absolute atomic E-state index is 0.136. The van der Waals surface area contributed by atoms with Gasteiger partial charge >= 0.3 is 0 Å². The van der Waals surface area contributed by atoms with Gasteiger partial charge < -0.3 is 5.32 Å². The molecule has 1 aliphatic heterocycles. The third-order valence-corrected chi connectivity index (χ3v) is 5.94. The van der Waals surface area contributed by atoms with Crippen molar-refractivity contribution in [1.82, 2.24) is 14.8 Å². The Labute approximate surface area is 162 Å². The smallest absolute Gasteiger partial charge is 0.227 e. The molecule has 142 valence electrons. The maximum atomic E-state index is 13.4. The fourth-order valence-electron chi connectivity index (χ4n) is 3.67. The highest BCUT2D eigenvalue weighted by Gasteiger charge is 2.36. The third kappa shape index (κ3) is 3.65. The number of fused-ring (bicyclic) bond motifs is 1. The monoisotopic (exact) mass is 386 g/mol. The molecular formula is C20H23FN4OS. The average molecular weight is 386 g/mol. The van der Waals surface area contributed by atoms with Crippen molar-refractivity contribution in [3.05, 3.63) is 46.9 Å². The first-order valence-corrected chi connectivity index (χ1v) is 10.5. The first-order chi connectivity index (χ1) is 13.2. The van der Waals surface area contributed by atoms with Crippen molar-refractivity contribution in [3.63, 3.8) is 0 Å². The van der Waals surface area contributed by atoms with Gasteiger partial charge in [0.15, 0.2) is 5.78 Å². The Morgan fingerprint density at radius 1 is 1.26 bits per heavy atom. The lowest BCUT2D eigenvalue weighted by Gasteiger charge is -2.32. The normalized spacial score (nSPS) is 18.9. The summed E-state index contributed by atoms with van der Waals surface area (Å²) in [5, 5.41) is 8.72. The van der Waals surface area contributed by atoms with E-state index in [0.29, 0.717) is 17.5 Å². The zero-order chi connectivity index (χ0) is 18.8. The molecule has 0 amide bonds. The minimum atomic E-state index is -0.345. The first kappa shape index (κ1) is 18.2. The quantitative estimate of drug-likeness (QED) is 0.575. The van der Waals surface area contributed by atoms with Crippen molar-refractivity contribution in [2.75, 3.05) is 11.1 Å². The molecule has 1 aromatic carbocycles. The van der Waals surface area contributed by atoms with Crippen LogP contribution in [0.5, 0.6) is 0 Å². The van der Waals surface area contributed by atoms with Crippen molar-refractivity contribution in [2.24, 2.45) is 0 Å². The van der Waals surface area contributed by atoms with Crippen LogP contribution in [-0.2, 0) is 4.79 Å². The van der Waals surface area contributed by atoms with E-state index in [1.165, 1.54) is 25.0 Å². The van der Waals surface area contributed by atoms with Crippen molar-refractivity contribution < 1.29 is 9.18 Å². The number of thioether (sulfide) groups is 1. The molecule has 7 heteroatoms. The highest BCUT2D eigenvalue weighted by Crippen LogP contribution is 2.40. The van der Waals surface area contributed by atoms with Gasteiger partial charge in [-0.3, -0.25) is 4.79 Å². The molecule has 5 nitrogen and oxygen atoms in total. The minimum Gasteiger partial charge on any atom is -0.328 e. The summed E-state index contributed by atoms with van der Waals surface area (Å²) >= 11 is 1.64. The number of nitrogens with one attached hydrogen (secondary N) is 1.